The van der Waals surface area contributed by atoms with Crippen molar-refractivity contribution < 1.29 is 28.6 Å². The van der Waals surface area contributed by atoms with E-state index in [1.54, 1.807) is 52.0 Å². The predicted molar refractivity (Wildman–Crippen MR) is 145 cm³/mol. The zero-order valence-corrected chi connectivity index (χ0v) is 22.1. The smallest absolute Gasteiger partial charge is 0.408 e. The molecule has 0 saturated carbocycles. The summed E-state index contributed by atoms with van der Waals surface area (Å²) < 4.78 is 16.6. The highest BCUT2D eigenvalue weighted by atomic mass is 16.6. The molecule has 1 atom stereocenters. The van der Waals surface area contributed by atoms with Crippen LogP contribution in [0.25, 0.3) is 0 Å². The molecule has 3 rings (SSSR count). The average molecular weight is 516 g/mol. The molecule has 0 aliphatic heterocycles. The number of esters is 2. The monoisotopic (exact) mass is 515 g/mol. The minimum atomic E-state index is -1.04. The fourth-order valence-corrected chi connectivity index (χ4v) is 3.55. The number of ether oxygens (including phenoxy) is 3. The number of benzene rings is 3. The van der Waals surface area contributed by atoms with Crippen LogP contribution in [0.2, 0.25) is 0 Å². The average Bonchev–Trinajstić information content (AvgIpc) is 2.87. The van der Waals surface area contributed by atoms with Crippen LogP contribution in [-0.4, -0.2) is 29.7 Å². The Balaban J connectivity index is 1.84. The molecular weight excluding hydrogens is 482 g/mol. The van der Waals surface area contributed by atoms with Gasteiger partial charge < -0.3 is 19.5 Å². The van der Waals surface area contributed by atoms with E-state index in [4.69, 9.17) is 14.2 Å². The fraction of sp³-hybridized carbons (Fsp3) is 0.258. The highest BCUT2D eigenvalue weighted by Crippen LogP contribution is 2.27. The Morgan fingerprint density at radius 2 is 1.37 bits per heavy atom. The molecule has 3 aromatic rings. The molecule has 0 aromatic heterocycles. The maximum Gasteiger partial charge on any atom is 0.408 e. The Morgan fingerprint density at radius 3 is 1.84 bits per heavy atom. The van der Waals surface area contributed by atoms with E-state index in [0.29, 0.717) is 11.3 Å². The lowest BCUT2D eigenvalue weighted by Gasteiger charge is -2.25. The minimum absolute atomic E-state index is 0.128. The lowest BCUT2D eigenvalue weighted by molar-refractivity contribution is -0.150. The topological polar surface area (TPSA) is 90.9 Å². The molecule has 0 unspecified atom stereocenters. The van der Waals surface area contributed by atoms with Crippen molar-refractivity contribution in [2.75, 3.05) is 0 Å². The number of alkyl carbamates (subject to hydrolysis) is 1. The molecule has 1 N–H and O–H groups in total. The Bertz CT molecular complexity index is 1210. The van der Waals surface area contributed by atoms with Gasteiger partial charge in [0.15, 0.2) is 6.10 Å². The molecule has 3 aromatic carbocycles. The quantitative estimate of drug-likeness (QED) is 0.216. The van der Waals surface area contributed by atoms with Crippen molar-refractivity contribution in [3.63, 3.8) is 0 Å². The van der Waals surface area contributed by atoms with Gasteiger partial charge in [-0.1, -0.05) is 79.4 Å². The number of hydrogen-bond acceptors (Lipinski definition) is 6. The molecule has 0 bridgehead atoms. The molecule has 38 heavy (non-hydrogen) atoms. The van der Waals surface area contributed by atoms with Crippen molar-refractivity contribution >= 4 is 18.0 Å². The van der Waals surface area contributed by atoms with Gasteiger partial charge in [-0.3, -0.25) is 0 Å². The molecule has 0 radical (unpaired) electrons. The van der Waals surface area contributed by atoms with Crippen LogP contribution in [0.5, 0.6) is 5.75 Å². The first-order valence-corrected chi connectivity index (χ1v) is 12.3. The molecular formula is C31H33NO6. The SMILES string of the molecule is C=C(C)C(=O)Oc1ccc(C[C@H](NC(=O)OC(C)(C)C)C(=O)OC(c2ccccc2)c2ccccc2)cc1. The molecule has 0 saturated heterocycles. The van der Waals surface area contributed by atoms with Gasteiger partial charge in [-0.05, 0) is 56.5 Å². The van der Waals surface area contributed by atoms with E-state index in [1.165, 1.54) is 0 Å². The van der Waals surface area contributed by atoms with Crippen LogP contribution in [0.15, 0.2) is 97.1 Å². The molecule has 0 heterocycles. The van der Waals surface area contributed by atoms with E-state index in [0.717, 1.165) is 11.1 Å². The van der Waals surface area contributed by atoms with Crippen molar-refractivity contribution in [2.45, 2.75) is 51.9 Å². The van der Waals surface area contributed by atoms with E-state index in [1.807, 2.05) is 60.7 Å². The van der Waals surface area contributed by atoms with Crippen molar-refractivity contribution in [1.29, 1.82) is 0 Å². The van der Waals surface area contributed by atoms with Crippen molar-refractivity contribution in [3.05, 3.63) is 114 Å². The van der Waals surface area contributed by atoms with Crippen molar-refractivity contribution in [2.24, 2.45) is 0 Å². The highest BCUT2D eigenvalue weighted by Gasteiger charge is 2.29. The zero-order chi connectivity index (χ0) is 27.7. The number of amides is 1. The van der Waals surface area contributed by atoms with E-state index in [9.17, 15) is 14.4 Å². The number of carbonyl (C=O) groups excluding carboxylic acids is 3. The molecule has 0 fully saturated rings. The first kappa shape index (κ1) is 28.2. The van der Waals surface area contributed by atoms with Crippen LogP contribution in [0, 0.1) is 0 Å². The van der Waals surface area contributed by atoms with E-state index in [-0.39, 0.29) is 12.0 Å². The van der Waals surface area contributed by atoms with Crippen molar-refractivity contribution in [1.82, 2.24) is 5.32 Å². The van der Waals surface area contributed by atoms with Gasteiger partial charge in [0.2, 0.25) is 0 Å². The zero-order valence-electron chi connectivity index (χ0n) is 22.1. The second kappa shape index (κ2) is 12.7. The van der Waals surface area contributed by atoms with Crippen molar-refractivity contribution in [3.8, 4) is 5.75 Å². The number of hydrogen-bond donors (Lipinski definition) is 1. The summed E-state index contributed by atoms with van der Waals surface area (Å²) in [5.74, 6) is -0.806. The maximum atomic E-state index is 13.5. The third kappa shape index (κ3) is 8.62. The first-order chi connectivity index (χ1) is 18.0. The van der Waals surface area contributed by atoms with Gasteiger partial charge in [0.25, 0.3) is 0 Å². The van der Waals surface area contributed by atoms with Crippen LogP contribution in [0.3, 0.4) is 0 Å². The summed E-state index contributed by atoms with van der Waals surface area (Å²) in [5.41, 5.74) is 1.85. The third-order valence-corrected chi connectivity index (χ3v) is 5.34. The normalized spacial score (nSPS) is 11.8. The molecule has 0 aliphatic rings. The molecule has 7 heteroatoms. The van der Waals surface area contributed by atoms with Gasteiger partial charge in [-0.15, -0.1) is 0 Å². The van der Waals surface area contributed by atoms with Gasteiger partial charge >= 0.3 is 18.0 Å². The molecule has 7 nitrogen and oxygen atoms in total. The second-order valence-corrected chi connectivity index (χ2v) is 9.86. The van der Waals surface area contributed by atoms with Gasteiger partial charge in [0.05, 0.1) is 0 Å². The second-order valence-electron chi connectivity index (χ2n) is 9.86. The molecule has 1 amide bonds. The Kier molecular flexibility index (Phi) is 9.44. The fourth-order valence-electron chi connectivity index (χ4n) is 3.55. The molecule has 0 spiro atoms. The van der Waals surface area contributed by atoms with E-state index < -0.39 is 35.8 Å². The minimum Gasteiger partial charge on any atom is -0.451 e. The van der Waals surface area contributed by atoms with Gasteiger partial charge in [0.1, 0.15) is 17.4 Å². The Hall–Kier alpha value is -4.39. The van der Waals surface area contributed by atoms with E-state index in [2.05, 4.69) is 11.9 Å². The predicted octanol–water partition coefficient (Wildman–Crippen LogP) is 5.94. The van der Waals surface area contributed by atoms with Crippen LogP contribution in [0.1, 0.15) is 50.5 Å². The molecule has 198 valence electrons. The third-order valence-electron chi connectivity index (χ3n) is 5.34. The maximum absolute atomic E-state index is 13.5. The summed E-state index contributed by atoms with van der Waals surface area (Å²) in [7, 11) is 0. The Morgan fingerprint density at radius 1 is 0.842 bits per heavy atom. The van der Waals surface area contributed by atoms with Crippen LogP contribution >= 0.6 is 0 Å². The highest BCUT2D eigenvalue weighted by molar-refractivity contribution is 5.88. The summed E-state index contributed by atoms with van der Waals surface area (Å²) in [6.45, 7) is 10.4. The van der Waals surface area contributed by atoms with Crippen LogP contribution < -0.4 is 10.1 Å². The first-order valence-electron chi connectivity index (χ1n) is 12.3. The summed E-state index contributed by atoms with van der Waals surface area (Å²) in [6.07, 6.45) is -1.28. The number of rotatable bonds is 9. The lowest BCUT2D eigenvalue weighted by atomic mass is 10.0. The van der Waals surface area contributed by atoms with E-state index >= 15 is 0 Å². The van der Waals surface area contributed by atoms with Crippen LogP contribution in [0.4, 0.5) is 4.79 Å². The number of nitrogens with one attached hydrogen (secondary N) is 1. The van der Waals surface area contributed by atoms with Gasteiger partial charge in [-0.25, -0.2) is 14.4 Å². The summed E-state index contributed by atoms with van der Waals surface area (Å²) >= 11 is 0. The standard InChI is InChI=1S/C31H33NO6/c1-21(2)28(33)36-25-18-16-22(17-19-25)20-26(32-30(35)38-31(3,4)5)29(34)37-27(23-12-8-6-9-13-23)24-14-10-7-11-15-24/h6-19,26-27H,1,20H2,2-5H3,(H,32,35)/t26-/m0/s1. The number of carbonyl (C=O) groups is 3. The van der Waals surface area contributed by atoms with Gasteiger partial charge in [-0.2, -0.15) is 0 Å². The lowest BCUT2D eigenvalue weighted by Crippen LogP contribution is -2.45. The van der Waals surface area contributed by atoms with Gasteiger partial charge in [0, 0.05) is 12.0 Å². The summed E-state index contributed by atoms with van der Waals surface area (Å²) in [5, 5.41) is 2.66. The molecule has 0 aliphatic carbocycles. The Labute approximate surface area is 223 Å². The summed E-state index contributed by atoms with van der Waals surface area (Å²) in [4.78, 5) is 37.9. The summed E-state index contributed by atoms with van der Waals surface area (Å²) in [6, 6.07) is 24.4. The van der Waals surface area contributed by atoms with Crippen LogP contribution in [-0.2, 0) is 25.5 Å². The largest absolute Gasteiger partial charge is 0.451 e.